The Balaban J connectivity index is 1.19. The molecule has 1 N–H and O–H groups in total. The van der Waals surface area contributed by atoms with Crippen molar-refractivity contribution >= 4 is 23.0 Å². The molecule has 4 fully saturated rings. The van der Waals surface area contributed by atoms with Crippen molar-refractivity contribution in [3.05, 3.63) is 46.7 Å². The first-order valence-corrected chi connectivity index (χ1v) is 14.5. The van der Waals surface area contributed by atoms with Crippen molar-refractivity contribution in [2.24, 2.45) is 11.8 Å². The minimum atomic E-state index is -1.50. The molecule has 4 aliphatic rings. The number of thiophene rings is 1. The number of anilines is 1. The number of nitrogens with zero attached hydrogens (tertiary/aromatic N) is 2. The highest BCUT2D eigenvalue weighted by molar-refractivity contribution is 7.10. The summed E-state index contributed by atoms with van der Waals surface area (Å²) in [6, 6.07) is 12.0. The molecule has 3 saturated heterocycles. The summed E-state index contributed by atoms with van der Waals surface area (Å²) in [5, 5.41) is 13.7. The molecule has 0 amide bonds. The molecule has 2 atom stereocenters. The smallest absolute Gasteiger partial charge is 0.344 e. The van der Waals surface area contributed by atoms with E-state index in [1.54, 1.807) is 0 Å². The van der Waals surface area contributed by atoms with Crippen LogP contribution in [0.4, 0.5) is 5.69 Å². The lowest BCUT2D eigenvalue weighted by Gasteiger charge is -2.52. The van der Waals surface area contributed by atoms with Crippen LogP contribution in [0.3, 0.4) is 0 Å². The maximum Gasteiger partial charge on any atom is 0.344 e. The number of ether oxygens (including phenoxy) is 2. The second kappa shape index (κ2) is 10.7. The third-order valence-corrected chi connectivity index (χ3v) is 9.83. The molecule has 2 bridgehead atoms. The maximum atomic E-state index is 13.6. The summed E-state index contributed by atoms with van der Waals surface area (Å²) in [7, 11) is 4.07. The predicted octanol–water partition coefficient (Wildman–Crippen LogP) is 4.81. The number of hydrogen-bond donors (Lipinski definition) is 1. The van der Waals surface area contributed by atoms with Crippen molar-refractivity contribution in [3.63, 3.8) is 0 Å². The van der Waals surface area contributed by atoms with Crippen LogP contribution in [0.5, 0.6) is 5.75 Å². The van der Waals surface area contributed by atoms with Crippen molar-refractivity contribution in [2.45, 2.75) is 56.7 Å². The van der Waals surface area contributed by atoms with Gasteiger partial charge in [0.2, 0.25) is 0 Å². The summed E-state index contributed by atoms with van der Waals surface area (Å²) in [6.07, 6.45) is 6.95. The number of benzene rings is 1. The van der Waals surface area contributed by atoms with Crippen LogP contribution in [-0.2, 0) is 15.1 Å². The molecule has 1 aliphatic carbocycles. The maximum absolute atomic E-state index is 13.6. The number of quaternary nitrogens is 1. The van der Waals surface area contributed by atoms with Gasteiger partial charge >= 0.3 is 5.97 Å². The SMILES string of the molecule is CN(C)c1cccc(OCCC[N+]23CCC(CC2)[C@@H](OC(=O)[C@](O)(c2cccs2)C2CCCC2)C3)c1. The van der Waals surface area contributed by atoms with Gasteiger partial charge in [-0.3, -0.25) is 0 Å². The first-order valence-electron chi connectivity index (χ1n) is 13.6. The first-order chi connectivity index (χ1) is 17.4. The van der Waals surface area contributed by atoms with Crippen LogP contribution in [0, 0.1) is 11.8 Å². The number of rotatable bonds is 10. The van der Waals surface area contributed by atoms with Crippen molar-refractivity contribution in [1.82, 2.24) is 0 Å². The molecule has 6 rings (SSSR count). The Morgan fingerprint density at radius 1 is 1.14 bits per heavy atom. The van der Waals surface area contributed by atoms with Crippen molar-refractivity contribution in [1.29, 1.82) is 0 Å². The minimum absolute atomic E-state index is 0.0453. The fraction of sp³-hybridized carbons (Fsp3) is 0.621. The quantitative estimate of drug-likeness (QED) is 0.281. The number of aliphatic hydroxyl groups is 1. The molecule has 6 nitrogen and oxygen atoms in total. The topological polar surface area (TPSA) is 59.0 Å². The number of fused-ring (bicyclic) bond motifs is 3. The Bertz CT molecular complexity index is 1010. The van der Waals surface area contributed by atoms with Crippen molar-refractivity contribution in [3.8, 4) is 5.75 Å². The van der Waals surface area contributed by atoms with Gasteiger partial charge < -0.3 is 24.0 Å². The lowest BCUT2D eigenvalue weighted by atomic mass is 9.82. The Kier molecular flexibility index (Phi) is 7.61. The normalized spacial score (nSPS) is 27.5. The molecule has 1 aromatic carbocycles. The minimum Gasteiger partial charge on any atom is -0.493 e. The van der Waals surface area contributed by atoms with Gasteiger partial charge in [0, 0.05) is 61.8 Å². The van der Waals surface area contributed by atoms with Crippen LogP contribution in [0.1, 0.15) is 49.8 Å². The van der Waals surface area contributed by atoms with Crippen LogP contribution in [-0.4, -0.2) is 68.5 Å². The molecule has 1 saturated carbocycles. The monoisotopic (exact) mass is 513 g/mol. The summed E-state index contributed by atoms with van der Waals surface area (Å²) in [6.45, 7) is 4.87. The average molecular weight is 514 g/mol. The summed E-state index contributed by atoms with van der Waals surface area (Å²) >= 11 is 1.46. The third kappa shape index (κ3) is 5.15. The van der Waals surface area contributed by atoms with E-state index in [1.165, 1.54) is 11.3 Å². The van der Waals surface area contributed by atoms with Gasteiger partial charge in [-0.15, -0.1) is 11.3 Å². The van der Waals surface area contributed by atoms with Gasteiger partial charge in [-0.05, 0) is 36.4 Å². The lowest BCUT2D eigenvalue weighted by Crippen LogP contribution is -2.65. The zero-order valence-corrected chi connectivity index (χ0v) is 22.5. The van der Waals surface area contributed by atoms with E-state index in [1.807, 2.05) is 43.7 Å². The molecule has 0 radical (unpaired) electrons. The average Bonchev–Trinajstić information content (AvgIpc) is 3.63. The van der Waals surface area contributed by atoms with E-state index in [9.17, 15) is 9.90 Å². The van der Waals surface area contributed by atoms with Crippen LogP contribution in [0.2, 0.25) is 0 Å². The molecular formula is C29H41N2O4S+. The largest absolute Gasteiger partial charge is 0.493 e. The molecule has 196 valence electrons. The van der Waals surface area contributed by atoms with Crippen LogP contribution in [0.25, 0.3) is 0 Å². The van der Waals surface area contributed by atoms with E-state index < -0.39 is 11.6 Å². The van der Waals surface area contributed by atoms with E-state index in [-0.39, 0.29) is 12.0 Å². The second-order valence-electron chi connectivity index (χ2n) is 11.3. The molecule has 0 spiro atoms. The Labute approximate surface area is 219 Å². The van der Waals surface area contributed by atoms with E-state index in [0.29, 0.717) is 12.5 Å². The van der Waals surface area contributed by atoms with Gasteiger partial charge in [0.25, 0.3) is 0 Å². The molecule has 1 aromatic heterocycles. The van der Waals surface area contributed by atoms with Gasteiger partial charge in [0.05, 0.1) is 26.2 Å². The van der Waals surface area contributed by atoms with E-state index >= 15 is 0 Å². The van der Waals surface area contributed by atoms with Gasteiger partial charge in [0.1, 0.15) is 12.3 Å². The first kappa shape index (κ1) is 25.6. The highest BCUT2D eigenvalue weighted by Gasteiger charge is 2.53. The zero-order chi connectivity index (χ0) is 25.2. The third-order valence-electron chi connectivity index (χ3n) is 8.83. The molecule has 3 aliphatic heterocycles. The molecule has 4 heterocycles. The number of esters is 1. The summed E-state index contributed by atoms with van der Waals surface area (Å²) in [5.41, 5.74) is -0.367. The molecule has 7 heteroatoms. The molecule has 36 heavy (non-hydrogen) atoms. The highest BCUT2D eigenvalue weighted by atomic mass is 32.1. The van der Waals surface area contributed by atoms with Gasteiger partial charge in [-0.25, -0.2) is 4.79 Å². The summed E-state index contributed by atoms with van der Waals surface area (Å²) in [5.74, 6) is 0.856. The van der Waals surface area contributed by atoms with Gasteiger partial charge in [-0.2, -0.15) is 0 Å². The van der Waals surface area contributed by atoms with Crippen molar-refractivity contribution in [2.75, 3.05) is 51.8 Å². The van der Waals surface area contributed by atoms with E-state index in [0.717, 1.165) is 91.9 Å². The zero-order valence-electron chi connectivity index (χ0n) is 21.7. The van der Waals surface area contributed by atoms with Crippen LogP contribution in [0.15, 0.2) is 41.8 Å². The fourth-order valence-corrected chi connectivity index (χ4v) is 7.54. The standard InChI is InChI=1S/C29H41N2O4S/c1-30(2)24-10-5-11-25(20-24)34-18-7-15-31-16-13-22(14-17-31)26(21-31)35-28(32)29(33,23-8-3-4-9-23)27-12-6-19-36-27/h5-6,10-12,19-20,22-23,26,33H,3-4,7-9,13-18,21H2,1-2H3/q+1/t22?,26-,29+,31?/m0/s1. The number of carbonyl (C=O) groups is 1. The fourth-order valence-electron chi connectivity index (χ4n) is 6.65. The summed E-state index contributed by atoms with van der Waals surface area (Å²) < 4.78 is 13.3. The molecule has 2 aromatic rings. The Morgan fingerprint density at radius 3 is 2.61 bits per heavy atom. The lowest BCUT2D eigenvalue weighted by molar-refractivity contribution is -0.946. The van der Waals surface area contributed by atoms with Crippen LogP contribution < -0.4 is 9.64 Å². The summed E-state index contributed by atoms with van der Waals surface area (Å²) in [4.78, 5) is 16.4. The number of carbonyl (C=O) groups excluding carboxylic acids is 1. The molecular weight excluding hydrogens is 472 g/mol. The highest BCUT2D eigenvalue weighted by Crippen LogP contribution is 2.44. The van der Waals surface area contributed by atoms with Gasteiger partial charge in [0.15, 0.2) is 11.7 Å². The van der Waals surface area contributed by atoms with E-state index in [2.05, 4.69) is 17.0 Å². The van der Waals surface area contributed by atoms with Gasteiger partial charge in [-0.1, -0.05) is 25.0 Å². The molecule has 0 unspecified atom stereocenters. The predicted molar refractivity (Wildman–Crippen MR) is 143 cm³/mol. The Morgan fingerprint density at radius 2 is 1.92 bits per heavy atom. The second-order valence-corrected chi connectivity index (χ2v) is 12.2. The van der Waals surface area contributed by atoms with E-state index in [4.69, 9.17) is 9.47 Å². The van der Waals surface area contributed by atoms with Crippen molar-refractivity contribution < 1.29 is 23.9 Å². The Hall–Kier alpha value is -2.09. The number of hydrogen-bond acceptors (Lipinski definition) is 6. The van der Waals surface area contributed by atoms with Crippen LogP contribution >= 0.6 is 11.3 Å². The number of piperidine rings is 3.